The number of fused-ring (bicyclic) bond motifs is 3. The smallest absolute Gasteiger partial charge is 0.164 e. The number of benzene rings is 7. The molecule has 0 N–H and O–H groups in total. The van der Waals surface area contributed by atoms with E-state index in [0.29, 0.717) is 17.5 Å². The van der Waals surface area contributed by atoms with Crippen LogP contribution in [0.3, 0.4) is 0 Å². The molecular weight excluding hydrogens is 615 g/mol. The normalized spacial score (nSPS) is 11.3. The molecule has 0 amide bonds. The summed E-state index contributed by atoms with van der Waals surface area (Å²) in [5.74, 6) is 1.95. The van der Waals surface area contributed by atoms with E-state index in [1.807, 2.05) is 47.7 Å². The van der Waals surface area contributed by atoms with Gasteiger partial charge in [0.1, 0.15) is 0 Å². The van der Waals surface area contributed by atoms with Crippen molar-refractivity contribution in [2.45, 2.75) is 0 Å². The fourth-order valence-corrected chi connectivity index (χ4v) is 7.64. The molecule has 0 aliphatic heterocycles. The van der Waals surface area contributed by atoms with Gasteiger partial charge in [0.2, 0.25) is 0 Å². The van der Waals surface area contributed by atoms with E-state index in [4.69, 9.17) is 15.0 Å². The van der Waals surface area contributed by atoms with Crippen molar-refractivity contribution in [1.29, 1.82) is 0 Å². The van der Waals surface area contributed by atoms with Crippen molar-refractivity contribution in [3.05, 3.63) is 176 Å². The molecule has 7 aromatic carbocycles. The van der Waals surface area contributed by atoms with Crippen molar-refractivity contribution in [2.75, 3.05) is 0 Å². The van der Waals surface area contributed by atoms with Gasteiger partial charge in [-0.15, -0.1) is 11.3 Å². The van der Waals surface area contributed by atoms with E-state index in [0.717, 1.165) is 27.8 Å². The standard InChI is InChI=1S/C45H29N3S/c1-4-12-30(13-5-1)31-20-24-35(25-21-31)44-46-43(34-16-8-3-9-17-34)47-45(48-44)36-26-22-32(23-27-36)37-28-39(33-14-6-2-7-15-33)42-38-18-10-11-19-40(38)49-41(42)29-37/h1-29H. The molecule has 0 atom stereocenters. The van der Waals surface area contributed by atoms with Crippen LogP contribution >= 0.6 is 11.3 Å². The molecule has 0 saturated heterocycles. The van der Waals surface area contributed by atoms with Crippen LogP contribution in [0, 0.1) is 0 Å². The molecule has 4 heteroatoms. The van der Waals surface area contributed by atoms with Gasteiger partial charge in [-0.25, -0.2) is 15.0 Å². The largest absolute Gasteiger partial charge is 0.208 e. The number of nitrogens with zero attached hydrogens (tertiary/aromatic N) is 3. The first-order valence-electron chi connectivity index (χ1n) is 16.4. The minimum absolute atomic E-state index is 0.646. The summed E-state index contributed by atoms with van der Waals surface area (Å²) in [5.41, 5.74) is 9.98. The topological polar surface area (TPSA) is 38.7 Å². The van der Waals surface area contributed by atoms with Gasteiger partial charge in [0.05, 0.1) is 0 Å². The van der Waals surface area contributed by atoms with Crippen LogP contribution in [0.2, 0.25) is 0 Å². The van der Waals surface area contributed by atoms with Gasteiger partial charge in [0.15, 0.2) is 17.5 Å². The van der Waals surface area contributed by atoms with Gasteiger partial charge >= 0.3 is 0 Å². The van der Waals surface area contributed by atoms with Gasteiger partial charge in [0, 0.05) is 36.9 Å². The Bertz CT molecular complexity index is 2560. The van der Waals surface area contributed by atoms with E-state index >= 15 is 0 Å². The number of aromatic nitrogens is 3. The average Bonchev–Trinajstić information content (AvgIpc) is 3.57. The lowest BCUT2D eigenvalue weighted by atomic mass is 9.94. The summed E-state index contributed by atoms with van der Waals surface area (Å²) >= 11 is 1.85. The fraction of sp³-hybridized carbons (Fsp3) is 0. The molecule has 49 heavy (non-hydrogen) atoms. The predicted molar refractivity (Wildman–Crippen MR) is 205 cm³/mol. The highest BCUT2D eigenvalue weighted by molar-refractivity contribution is 7.26. The van der Waals surface area contributed by atoms with Crippen molar-refractivity contribution in [1.82, 2.24) is 15.0 Å². The second kappa shape index (κ2) is 12.4. The fourth-order valence-electron chi connectivity index (χ4n) is 6.47. The molecule has 0 aliphatic rings. The van der Waals surface area contributed by atoms with Gasteiger partial charge in [0.25, 0.3) is 0 Å². The summed E-state index contributed by atoms with van der Waals surface area (Å²) in [7, 11) is 0. The third kappa shape index (κ3) is 5.58. The molecule has 0 bridgehead atoms. The van der Waals surface area contributed by atoms with Crippen LogP contribution in [-0.2, 0) is 0 Å². The van der Waals surface area contributed by atoms with Crippen LogP contribution in [0.15, 0.2) is 176 Å². The average molecular weight is 644 g/mol. The van der Waals surface area contributed by atoms with Crippen molar-refractivity contribution < 1.29 is 0 Å². The lowest BCUT2D eigenvalue weighted by molar-refractivity contribution is 1.07. The Morgan fingerprint density at radius 1 is 0.306 bits per heavy atom. The SMILES string of the molecule is c1ccc(-c2ccc(-c3nc(-c4ccccc4)nc(-c4ccc(-c5cc(-c6ccccc6)c6c(c5)sc5ccccc56)cc4)n3)cc2)cc1. The first kappa shape index (κ1) is 29.0. The van der Waals surface area contributed by atoms with E-state index < -0.39 is 0 Å². The molecular formula is C45H29N3S. The quantitative estimate of drug-likeness (QED) is 0.181. The number of hydrogen-bond acceptors (Lipinski definition) is 4. The second-order valence-electron chi connectivity index (χ2n) is 12.1. The molecule has 0 radical (unpaired) electrons. The second-order valence-corrected chi connectivity index (χ2v) is 13.1. The van der Waals surface area contributed by atoms with Gasteiger partial charge < -0.3 is 0 Å². The summed E-state index contributed by atoms with van der Waals surface area (Å²) < 4.78 is 2.59. The van der Waals surface area contributed by atoms with Crippen molar-refractivity contribution >= 4 is 31.5 Å². The Morgan fingerprint density at radius 2 is 0.714 bits per heavy atom. The maximum atomic E-state index is 5.00. The Morgan fingerprint density at radius 3 is 1.29 bits per heavy atom. The molecule has 230 valence electrons. The third-order valence-electron chi connectivity index (χ3n) is 8.96. The predicted octanol–water partition coefficient (Wildman–Crippen LogP) is 12.2. The van der Waals surface area contributed by atoms with E-state index in [-0.39, 0.29) is 0 Å². The zero-order valence-corrected chi connectivity index (χ0v) is 27.3. The van der Waals surface area contributed by atoms with Crippen molar-refractivity contribution in [3.8, 4) is 67.5 Å². The van der Waals surface area contributed by atoms with Gasteiger partial charge in [-0.2, -0.15) is 0 Å². The molecule has 9 rings (SSSR count). The molecule has 0 fully saturated rings. The summed E-state index contributed by atoms with van der Waals surface area (Å²) in [6.07, 6.45) is 0. The van der Waals surface area contributed by atoms with Gasteiger partial charge in [-0.1, -0.05) is 158 Å². The van der Waals surface area contributed by atoms with Crippen LogP contribution in [0.5, 0.6) is 0 Å². The Hall–Kier alpha value is -6.23. The minimum atomic E-state index is 0.646. The zero-order valence-electron chi connectivity index (χ0n) is 26.5. The molecule has 9 aromatic rings. The maximum Gasteiger partial charge on any atom is 0.164 e. The van der Waals surface area contributed by atoms with Gasteiger partial charge in [-0.3, -0.25) is 0 Å². The minimum Gasteiger partial charge on any atom is -0.208 e. The summed E-state index contributed by atoms with van der Waals surface area (Å²) in [5, 5.41) is 2.62. The lowest BCUT2D eigenvalue weighted by Gasteiger charge is -2.11. The van der Waals surface area contributed by atoms with Crippen LogP contribution in [0.1, 0.15) is 0 Å². The van der Waals surface area contributed by atoms with Crippen LogP contribution < -0.4 is 0 Å². The maximum absolute atomic E-state index is 5.00. The number of rotatable bonds is 6. The van der Waals surface area contributed by atoms with Crippen LogP contribution in [0.4, 0.5) is 0 Å². The highest BCUT2D eigenvalue weighted by Gasteiger charge is 2.16. The Balaban J connectivity index is 1.12. The third-order valence-corrected chi connectivity index (χ3v) is 10.1. The molecule has 2 heterocycles. The molecule has 0 unspecified atom stereocenters. The molecule has 0 spiro atoms. The molecule has 2 aromatic heterocycles. The highest BCUT2D eigenvalue weighted by Crippen LogP contribution is 2.43. The van der Waals surface area contributed by atoms with E-state index in [1.165, 1.54) is 42.4 Å². The highest BCUT2D eigenvalue weighted by atomic mass is 32.1. The molecule has 0 saturated carbocycles. The van der Waals surface area contributed by atoms with E-state index in [2.05, 4.69) is 140 Å². The molecule has 3 nitrogen and oxygen atoms in total. The monoisotopic (exact) mass is 643 g/mol. The summed E-state index contributed by atoms with van der Waals surface area (Å²) in [4.78, 5) is 14.9. The van der Waals surface area contributed by atoms with Crippen LogP contribution in [-0.4, -0.2) is 15.0 Å². The lowest BCUT2D eigenvalue weighted by Crippen LogP contribution is -2.00. The first-order chi connectivity index (χ1) is 24.3. The van der Waals surface area contributed by atoms with Crippen LogP contribution in [0.25, 0.3) is 87.7 Å². The van der Waals surface area contributed by atoms with Crippen molar-refractivity contribution in [2.24, 2.45) is 0 Å². The van der Waals surface area contributed by atoms with Crippen molar-refractivity contribution in [3.63, 3.8) is 0 Å². The number of thiophene rings is 1. The summed E-state index contributed by atoms with van der Waals surface area (Å²) in [6, 6.07) is 61.6. The van der Waals surface area contributed by atoms with E-state index in [1.54, 1.807) is 0 Å². The summed E-state index contributed by atoms with van der Waals surface area (Å²) in [6.45, 7) is 0. The molecule has 0 aliphatic carbocycles. The zero-order chi connectivity index (χ0) is 32.6. The Kier molecular flexibility index (Phi) is 7.34. The van der Waals surface area contributed by atoms with Gasteiger partial charge in [-0.05, 0) is 51.6 Å². The Labute approximate surface area is 288 Å². The number of hydrogen-bond donors (Lipinski definition) is 0. The first-order valence-corrected chi connectivity index (χ1v) is 17.2. The van der Waals surface area contributed by atoms with E-state index in [9.17, 15) is 0 Å².